The van der Waals surface area contributed by atoms with E-state index in [-0.39, 0.29) is 62.8 Å². The molecule has 0 spiro atoms. The van der Waals surface area contributed by atoms with Gasteiger partial charge in [0.1, 0.15) is 54.4 Å². The number of amides is 10. The molecule has 80 heavy (non-hydrogen) atoms. The maximum Gasteiger partial charge on any atom is 0.305 e. The molecule has 0 aliphatic heterocycles. The molecule has 16 N–H and O–H groups in total. The molecule has 0 radical (unpaired) electrons. The second-order valence-corrected chi connectivity index (χ2v) is 21.1. The van der Waals surface area contributed by atoms with Gasteiger partial charge in [-0.1, -0.05) is 84.0 Å². The summed E-state index contributed by atoms with van der Waals surface area (Å²) >= 11 is 0. The molecular formula is C54H83N11O15. The Bertz CT molecular complexity index is 2490. The average molecular weight is 1130 g/mol. The smallest absolute Gasteiger partial charge is 0.305 e. The topological polar surface area (TPSA) is 426 Å². The number of fused-ring (bicyclic) bond motifs is 1. The van der Waals surface area contributed by atoms with Crippen molar-refractivity contribution in [3.63, 3.8) is 0 Å². The largest absolute Gasteiger partial charge is 0.481 e. The Hall–Kier alpha value is -7.74. The summed E-state index contributed by atoms with van der Waals surface area (Å²) in [6.45, 7) is 12.3. The van der Waals surface area contributed by atoms with Crippen molar-refractivity contribution in [1.82, 2.24) is 47.9 Å². The third-order valence-electron chi connectivity index (χ3n) is 12.4. The number of nitrogens with two attached hydrogens (primary N) is 2. The number of nitrogens with one attached hydrogen (secondary N) is 9. The molecule has 0 heterocycles. The van der Waals surface area contributed by atoms with Crippen LogP contribution in [0, 0.1) is 17.8 Å². The number of carboxylic acids is 2. The van der Waals surface area contributed by atoms with Crippen LogP contribution in [0.3, 0.4) is 0 Å². The molecule has 0 fully saturated rings. The van der Waals surface area contributed by atoms with Crippen molar-refractivity contribution < 1.29 is 72.9 Å². The van der Waals surface area contributed by atoms with Crippen molar-refractivity contribution in [2.24, 2.45) is 29.2 Å². The van der Waals surface area contributed by atoms with Gasteiger partial charge < -0.3 is 74.6 Å². The third kappa shape index (κ3) is 24.9. The highest BCUT2D eigenvalue weighted by molar-refractivity contribution is 5.99. The number of carboxylic acid groups (broad SMARTS) is 2. The van der Waals surface area contributed by atoms with Gasteiger partial charge in [0, 0.05) is 19.8 Å². The molecule has 2 rings (SSSR count). The number of carbonyl (C=O) groups excluding carboxylic acids is 10. The molecule has 9 atom stereocenters. The highest BCUT2D eigenvalue weighted by Crippen LogP contribution is 2.18. The van der Waals surface area contributed by atoms with E-state index in [4.69, 9.17) is 11.5 Å². The van der Waals surface area contributed by atoms with Crippen LogP contribution in [0.2, 0.25) is 0 Å². The summed E-state index contributed by atoms with van der Waals surface area (Å²) in [4.78, 5) is 158. The van der Waals surface area contributed by atoms with Gasteiger partial charge in [0.15, 0.2) is 0 Å². The molecular weight excluding hydrogens is 1040 g/mol. The minimum Gasteiger partial charge on any atom is -0.481 e. The summed E-state index contributed by atoms with van der Waals surface area (Å²) in [5.74, 6) is -12.4. The fraction of sp³-hybridized carbons (Fsp3) is 0.593. The maximum absolute atomic E-state index is 14.4. The van der Waals surface area contributed by atoms with E-state index < -0.39 is 151 Å². The first-order valence-electron chi connectivity index (χ1n) is 26.8. The summed E-state index contributed by atoms with van der Waals surface area (Å²) in [7, 11) is 0. The molecule has 26 heteroatoms. The maximum atomic E-state index is 14.4. The van der Waals surface area contributed by atoms with Crippen LogP contribution in [-0.2, 0) is 64.0 Å². The Labute approximate surface area is 465 Å². The molecule has 0 aliphatic rings. The zero-order chi connectivity index (χ0) is 60.4. The van der Waals surface area contributed by atoms with Gasteiger partial charge in [0.25, 0.3) is 0 Å². The Balaban J connectivity index is 2.49. The molecule has 0 unspecified atom stereocenters. The minimum atomic E-state index is -1.88. The molecule has 0 bridgehead atoms. The summed E-state index contributed by atoms with van der Waals surface area (Å²) in [5, 5.41) is 53.3. The number of unbranched alkanes of at least 4 members (excludes halogenated alkanes) is 1. The molecule has 10 amide bonds. The zero-order valence-corrected chi connectivity index (χ0v) is 46.9. The van der Waals surface area contributed by atoms with E-state index in [1.54, 1.807) is 65.8 Å². The van der Waals surface area contributed by atoms with Gasteiger partial charge in [0.05, 0.1) is 13.0 Å². The molecule has 0 saturated carbocycles. The number of hydrogen-bond donors (Lipinski definition) is 14. The van der Waals surface area contributed by atoms with Crippen LogP contribution >= 0.6 is 0 Å². The predicted molar refractivity (Wildman–Crippen MR) is 293 cm³/mol. The van der Waals surface area contributed by atoms with Crippen LogP contribution < -0.4 is 59.3 Å². The lowest BCUT2D eigenvalue weighted by molar-refractivity contribution is -0.142. The van der Waals surface area contributed by atoms with E-state index in [0.717, 1.165) is 10.8 Å². The first-order valence-corrected chi connectivity index (χ1v) is 26.8. The lowest BCUT2D eigenvalue weighted by Crippen LogP contribution is -2.61. The van der Waals surface area contributed by atoms with Gasteiger partial charge >= 0.3 is 11.9 Å². The first-order chi connectivity index (χ1) is 37.5. The van der Waals surface area contributed by atoms with Gasteiger partial charge in [-0.25, -0.2) is 0 Å². The van der Waals surface area contributed by atoms with Crippen molar-refractivity contribution in [2.75, 3.05) is 13.2 Å². The highest BCUT2D eigenvalue weighted by atomic mass is 16.4. The van der Waals surface area contributed by atoms with Crippen LogP contribution in [0.1, 0.15) is 119 Å². The summed E-state index contributed by atoms with van der Waals surface area (Å²) in [5.41, 5.74) is 11.8. The van der Waals surface area contributed by atoms with Crippen LogP contribution in [0.25, 0.3) is 10.8 Å². The van der Waals surface area contributed by atoms with Gasteiger partial charge in [-0.05, 0) is 92.5 Å². The van der Waals surface area contributed by atoms with Gasteiger partial charge in [-0.2, -0.15) is 0 Å². The SMILES string of the molecule is CC(=O)N[C@@H](CC(C)C)C(=O)N[C@@H](CCC(=O)O)C(=O)N[C@@H](CC(C)C)C(=O)N[C@@H](CC(=O)O)C(=O)N[C@@H](CCCCN)C(=O)N[C@@H](Cc1ccc2ccccc2c1)C(=O)N[C@@H](C)C(=O)N[C@@H](CO)C(=O)N[C@@H](CC(C)C)C(N)=O. The van der Waals surface area contributed by atoms with Gasteiger partial charge in [-0.3, -0.25) is 57.5 Å². The Kier molecular flexibility index (Phi) is 29.3. The quantitative estimate of drug-likeness (QED) is 0.0359. The van der Waals surface area contributed by atoms with Gasteiger partial charge in [-0.15, -0.1) is 0 Å². The summed E-state index contributed by atoms with van der Waals surface area (Å²) < 4.78 is 0. The lowest BCUT2D eigenvalue weighted by Gasteiger charge is -2.28. The van der Waals surface area contributed by atoms with Crippen LogP contribution in [0.15, 0.2) is 42.5 Å². The van der Waals surface area contributed by atoms with Crippen molar-refractivity contribution in [3.8, 4) is 0 Å². The number of benzene rings is 2. The van der Waals surface area contributed by atoms with Gasteiger partial charge in [0.2, 0.25) is 59.1 Å². The van der Waals surface area contributed by atoms with Crippen LogP contribution in [0.4, 0.5) is 0 Å². The van der Waals surface area contributed by atoms with E-state index >= 15 is 0 Å². The van der Waals surface area contributed by atoms with Crippen LogP contribution in [0.5, 0.6) is 0 Å². The van der Waals surface area contributed by atoms with Crippen molar-refractivity contribution in [3.05, 3.63) is 48.0 Å². The first kappa shape index (κ1) is 68.4. The second-order valence-electron chi connectivity index (χ2n) is 21.1. The van der Waals surface area contributed by atoms with E-state index in [2.05, 4.69) is 47.9 Å². The fourth-order valence-corrected chi connectivity index (χ4v) is 8.37. The standard InChI is InChI=1S/C54H83N11O15/c1-28(2)21-38(46(56)72)61-54(80)43(27-66)65-47(73)31(7)57-50(76)41(25-33-16-17-34-13-9-10-14-35(34)24-33)63-48(74)36(15-11-12-20-55)59-53(79)42(26-45(70)71)64-52(78)40(23-30(5)6)62-49(75)37(18-19-44(68)69)60-51(77)39(22-29(3)4)58-32(8)67/h9-10,13-14,16-17,24,28-31,36-43,66H,11-12,15,18-23,25-27,55H2,1-8H3,(H2,56,72)(H,57,76)(H,58,67)(H,59,79)(H,60,77)(H,61,80)(H,62,75)(H,63,74)(H,64,78)(H,65,73)(H,68,69)(H,70,71)/t31-,36-,37-,38-,39-,40-,41-,42-,43-/m0/s1. The number of rotatable bonds is 36. The molecule has 0 aliphatic carbocycles. The average Bonchev–Trinajstić information content (AvgIpc) is 3.36. The van der Waals surface area contributed by atoms with E-state index in [9.17, 15) is 72.9 Å². The predicted octanol–water partition coefficient (Wildman–Crippen LogP) is -1.13. The minimum absolute atomic E-state index is 0.0551. The Morgan fingerprint density at radius 2 is 0.912 bits per heavy atom. The van der Waals surface area contributed by atoms with E-state index in [1.807, 2.05) is 18.2 Å². The molecule has 0 saturated heterocycles. The fourth-order valence-electron chi connectivity index (χ4n) is 8.37. The third-order valence-corrected chi connectivity index (χ3v) is 12.4. The van der Waals surface area contributed by atoms with Crippen molar-refractivity contribution in [1.29, 1.82) is 0 Å². The monoisotopic (exact) mass is 1130 g/mol. The Morgan fingerprint density at radius 1 is 0.475 bits per heavy atom. The Morgan fingerprint density at radius 3 is 1.43 bits per heavy atom. The summed E-state index contributed by atoms with van der Waals surface area (Å²) in [6.07, 6.45) is -1.51. The second kappa shape index (κ2) is 34.3. The van der Waals surface area contributed by atoms with Crippen molar-refractivity contribution >= 4 is 81.8 Å². The number of primary amides is 1. The molecule has 26 nitrogen and oxygen atoms in total. The normalized spacial score (nSPS) is 14.6. The number of aliphatic hydroxyl groups is 1. The number of carbonyl (C=O) groups is 12. The van der Waals surface area contributed by atoms with Crippen molar-refractivity contribution in [2.45, 2.75) is 174 Å². The molecule has 444 valence electrons. The van der Waals surface area contributed by atoms with E-state index in [0.29, 0.717) is 12.0 Å². The van der Waals surface area contributed by atoms with Crippen LogP contribution in [-0.4, -0.2) is 154 Å². The highest BCUT2D eigenvalue weighted by Gasteiger charge is 2.36. The zero-order valence-electron chi connectivity index (χ0n) is 46.9. The molecule has 2 aromatic carbocycles. The lowest BCUT2D eigenvalue weighted by atomic mass is 9.99. The number of aliphatic hydroxyl groups excluding tert-OH is 1. The number of aliphatic carboxylic acids is 2. The summed E-state index contributed by atoms with van der Waals surface area (Å²) in [6, 6.07) is -0.432. The number of hydrogen-bond acceptors (Lipinski definition) is 14. The molecule has 2 aromatic rings. The molecule has 0 aromatic heterocycles. The van der Waals surface area contributed by atoms with E-state index in [1.165, 1.54) is 13.8 Å².